The lowest BCUT2D eigenvalue weighted by atomic mass is 10.1. The predicted octanol–water partition coefficient (Wildman–Crippen LogP) is 4.81. The van der Waals surface area contributed by atoms with Crippen LogP contribution in [0.15, 0.2) is 36.5 Å². The lowest BCUT2D eigenvalue weighted by molar-refractivity contribution is 1.06. The van der Waals surface area contributed by atoms with Gasteiger partial charge in [0.2, 0.25) is 0 Å². The third-order valence-corrected chi connectivity index (χ3v) is 2.12. The third kappa shape index (κ3) is 5.09. The first-order valence-corrected chi connectivity index (χ1v) is 6.62. The van der Waals surface area contributed by atoms with Crippen LogP contribution in [0.25, 0.3) is 11.3 Å². The van der Waals surface area contributed by atoms with Gasteiger partial charge in [-0.2, -0.15) is 0 Å². The Kier molecular flexibility index (Phi) is 8.46. The summed E-state index contributed by atoms with van der Waals surface area (Å²) < 4.78 is 0. The molecular formula is C16H24N2. The van der Waals surface area contributed by atoms with Crippen molar-refractivity contribution in [3.8, 4) is 11.3 Å². The van der Waals surface area contributed by atoms with Crippen LogP contribution in [0.3, 0.4) is 0 Å². The molecule has 2 rings (SSSR count). The van der Waals surface area contributed by atoms with Gasteiger partial charge in [0, 0.05) is 11.8 Å². The lowest BCUT2D eigenvalue weighted by Crippen LogP contribution is -1.89. The molecule has 0 unspecified atom stereocenters. The summed E-state index contributed by atoms with van der Waals surface area (Å²) in [6.45, 7) is 12.0. The lowest BCUT2D eigenvalue weighted by Gasteiger charge is -2.01. The summed E-state index contributed by atoms with van der Waals surface area (Å²) in [5, 5.41) is 0. The van der Waals surface area contributed by atoms with E-state index in [1.165, 1.54) is 5.56 Å². The zero-order valence-electron chi connectivity index (χ0n) is 12.4. The van der Waals surface area contributed by atoms with Gasteiger partial charge in [0.15, 0.2) is 0 Å². The standard InChI is InChI=1S/C12H12N2.2C2H6/c1-9-3-5-11(6-4-9)12-7-8-13-10(2)14-12;2*1-2/h3-8H,1-2H3;2*1-2H3. The second kappa shape index (κ2) is 9.34. The Bertz CT molecular complexity index is 433. The molecule has 0 radical (unpaired) electrons. The van der Waals surface area contributed by atoms with Gasteiger partial charge in [-0.15, -0.1) is 0 Å². The zero-order valence-corrected chi connectivity index (χ0v) is 12.4. The van der Waals surface area contributed by atoms with E-state index in [1.54, 1.807) is 6.20 Å². The molecule has 0 saturated carbocycles. The average molecular weight is 244 g/mol. The van der Waals surface area contributed by atoms with Crippen molar-refractivity contribution in [2.75, 3.05) is 0 Å². The number of aromatic nitrogens is 2. The monoisotopic (exact) mass is 244 g/mol. The van der Waals surface area contributed by atoms with Gasteiger partial charge in [0.1, 0.15) is 5.82 Å². The molecule has 1 aromatic carbocycles. The van der Waals surface area contributed by atoms with E-state index in [1.807, 2.05) is 40.7 Å². The molecule has 0 atom stereocenters. The third-order valence-electron chi connectivity index (χ3n) is 2.12. The normalized spacial score (nSPS) is 8.56. The second-order valence-corrected chi connectivity index (χ2v) is 3.36. The largest absolute Gasteiger partial charge is 0.242 e. The Labute approximate surface area is 111 Å². The molecule has 2 nitrogen and oxygen atoms in total. The van der Waals surface area contributed by atoms with E-state index in [4.69, 9.17) is 0 Å². The fourth-order valence-electron chi connectivity index (χ4n) is 1.34. The van der Waals surface area contributed by atoms with E-state index in [9.17, 15) is 0 Å². The number of rotatable bonds is 1. The van der Waals surface area contributed by atoms with Crippen LogP contribution >= 0.6 is 0 Å². The average Bonchev–Trinajstić information content (AvgIpc) is 2.44. The molecule has 1 aromatic heterocycles. The van der Waals surface area contributed by atoms with Gasteiger partial charge >= 0.3 is 0 Å². The first-order valence-electron chi connectivity index (χ1n) is 6.62. The van der Waals surface area contributed by atoms with E-state index in [-0.39, 0.29) is 0 Å². The van der Waals surface area contributed by atoms with Crippen molar-refractivity contribution in [3.63, 3.8) is 0 Å². The van der Waals surface area contributed by atoms with E-state index in [0.717, 1.165) is 17.1 Å². The maximum absolute atomic E-state index is 4.36. The highest BCUT2D eigenvalue weighted by Crippen LogP contribution is 2.16. The van der Waals surface area contributed by atoms with Crippen LogP contribution in [-0.4, -0.2) is 9.97 Å². The van der Waals surface area contributed by atoms with Crippen LogP contribution in [0, 0.1) is 13.8 Å². The molecule has 18 heavy (non-hydrogen) atoms. The van der Waals surface area contributed by atoms with E-state index in [0.29, 0.717) is 0 Å². The predicted molar refractivity (Wildman–Crippen MR) is 79.6 cm³/mol. The number of hydrogen-bond donors (Lipinski definition) is 0. The topological polar surface area (TPSA) is 25.8 Å². The molecule has 0 spiro atoms. The Morgan fingerprint density at radius 3 is 1.83 bits per heavy atom. The molecule has 0 amide bonds. The molecule has 2 heteroatoms. The molecule has 2 aromatic rings. The van der Waals surface area contributed by atoms with Crippen molar-refractivity contribution in [1.29, 1.82) is 0 Å². The summed E-state index contributed by atoms with van der Waals surface area (Å²) in [6.07, 6.45) is 1.79. The van der Waals surface area contributed by atoms with Gasteiger partial charge in [-0.3, -0.25) is 0 Å². The molecule has 0 aliphatic heterocycles. The van der Waals surface area contributed by atoms with Crippen LogP contribution < -0.4 is 0 Å². The first kappa shape index (κ1) is 16.3. The van der Waals surface area contributed by atoms with E-state index in [2.05, 4.69) is 41.2 Å². The van der Waals surface area contributed by atoms with Gasteiger partial charge in [-0.25, -0.2) is 9.97 Å². The number of nitrogens with zero attached hydrogens (tertiary/aromatic N) is 2. The Hall–Kier alpha value is -1.70. The fourth-order valence-corrected chi connectivity index (χ4v) is 1.34. The summed E-state index contributed by atoms with van der Waals surface area (Å²) in [5.41, 5.74) is 3.39. The van der Waals surface area contributed by atoms with Gasteiger partial charge in [-0.1, -0.05) is 57.5 Å². The van der Waals surface area contributed by atoms with Crippen molar-refractivity contribution >= 4 is 0 Å². The fraction of sp³-hybridized carbons (Fsp3) is 0.375. The van der Waals surface area contributed by atoms with Gasteiger partial charge in [0.25, 0.3) is 0 Å². The second-order valence-electron chi connectivity index (χ2n) is 3.36. The molecule has 0 bridgehead atoms. The molecule has 0 aliphatic carbocycles. The van der Waals surface area contributed by atoms with Gasteiger partial charge in [0.05, 0.1) is 5.69 Å². The molecule has 0 N–H and O–H groups in total. The smallest absolute Gasteiger partial charge is 0.125 e. The minimum atomic E-state index is 0.808. The van der Waals surface area contributed by atoms with Crippen LogP contribution in [0.1, 0.15) is 39.1 Å². The van der Waals surface area contributed by atoms with Crippen LogP contribution in [0.2, 0.25) is 0 Å². The molecule has 0 aliphatic rings. The molecular weight excluding hydrogens is 220 g/mol. The van der Waals surface area contributed by atoms with Crippen molar-refractivity contribution in [2.24, 2.45) is 0 Å². The Balaban J connectivity index is 0.000000659. The van der Waals surface area contributed by atoms with E-state index < -0.39 is 0 Å². The van der Waals surface area contributed by atoms with Crippen LogP contribution in [0.4, 0.5) is 0 Å². The van der Waals surface area contributed by atoms with Crippen molar-refractivity contribution in [1.82, 2.24) is 9.97 Å². The van der Waals surface area contributed by atoms with Crippen molar-refractivity contribution in [2.45, 2.75) is 41.5 Å². The highest BCUT2D eigenvalue weighted by Gasteiger charge is 1.98. The summed E-state index contributed by atoms with van der Waals surface area (Å²) in [6, 6.07) is 10.3. The van der Waals surface area contributed by atoms with Gasteiger partial charge in [-0.05, 0) is 19.9 Å². The van der Waals surface area contributed by atoms with E-state index >= 15 is 0 Å². The highest BCUT2D eigenvalue weighted by molar-refractivity contribution is 5.58. The zero-order chi connectivity index (χ0) is 14.0. The summed E-state index contributed by atoms with van der Waals surface area (Å²) in [5.74, 6) is 0.808. The maximum atomic E-state index is 4.36. The van der Waals surface area contributed by atoms with Crippen LogP contribution in [-0.2, 0) is 0 Å². The van der Waals surface area contributed by atoms with Crippen LogP contribution in [0.5, 0.6) is 0 Å². The minimum absolute atomic E-state index is 0.808. The number of aryl methyl sites for hydroxylation is 2. The minimum Gasteiger partial charge on any atom is -0.242 e. The maximum Gasteiger partial charge on any atom is 0.125 e. The summed E-state index contributed by atoms with van der Waals surface area (Å²) in [7, 11) is 0. The summed E-state index contributed by atoms with van der Waals surface area (Å²) in [4.78, 5) is 8.43. The Morgan fingerprint density at radius 1 is 0.778 bits per heavy atom. The first-order chi connectivity index (χ1) is 8.75. The number of hydrogen-bond acceptors (Lipinski definition) is 2. The Morgan fingerprint density at radius 2 is 1.33 bits per heavy atom. The quantitative estimate of drug-likeness (QED) is 0.719. The van der Waals surface area contributed by atoms with Crippen molar-refractivity contribution in [3.05, 3.63) is 47.9 Å². The van der Waals surface area contributed by atoms with Gasteiger partial charge < -0.3 is 0 Å². The molecule has 98 valence electrons. The van der Waals surface area contributed by atoms with Crippen molar-refractivity contribution < 1.29 is 0 Å². The molecule has 0 fully saturated rings. The number of benzene rings is 1. The molecule has 1 heterocycles. The molecule has 0 saturated heterocycles. The highest BCUT2D eigenvalue weighted by atomic mass is 14.9. The SMILES string of the molecule is CC.CC.Cc1ccc(-c2ccnc(C)n2)cc1. The summed E-state index contributed by atoms with van der Waals surface area (Å²) >= 11 is 0.